The van der Waals surface area contributed by atoms with Crippen molar-refractivity contribution < 1.29 is 23.6 Å². The van der Waals surface area contributed by atoms with Crippen molar-refractivity contribution in [1.29, 1.82) is 0 Å². The summed E-state index contributed by atoms with van der Waals surface area (Å²) in [4.78, 5) is 35.3. The van der Waals surface area contributed by atoms with Gasteiger partial charge in [-0.3, -0.25) is 19.7 Å². The van der Waals surface area contributed by atoms with Crippen molar-refractivity contribution in [2.75, 3.05) is 18.1 Å². The normalized spacial score (nSPS) is 10.3. The molecular weight excluding hydrogens is 357 g/mol. The number of aryl methyl sites for hydroxylation is 1. The maximum Gasteiger partial charge on any atom is 0.310 e. The first-order chi connectivity index (χ1) is 12.8. The van der Waals surface area contributed by atoms with Crippen LogP contribution in [0.3, 0.4) is 0 Å². The quantitative estimate of drug-likeness (QED) is 0.561. The van der Waals surface area contributed by atoms with Crippen LogP contribution in [-0.2, 0) is 9.59 Å². The van der Waals surface area contributed by atoms with E-state index in [1.807, 2.05) is 0 Å². The Morgan fingerprint density at radius 2 is 1.89 bits per heavy atom. The maximum absolute atomic E-state index is 13.1. The molecule has 0 aliphatic rings. The SMILES string of the molecule is Cc1ccc([N+](=O)[O-])c(OCC(=O)N(CCC(N)=O)c2ccc(F)cc2)c1. The first kappa shape index (κ1) is 19.8. The van der Waals surface area contributed by atoms with E-state index in [9.17, 15) is 24.1 Å². The standard InChI is InChI=1S/C18H18FN3O5/c1-12-2-7-15(22(25)26)16(10-12)27-11-18(24)21(9-8-17(20)23)14-5-3-13(19)4-6-14/h2-7,10H,8-9,11H2,1H3,(H2,20,23). The minimum Gasteiger partial charge on any atom is -0.477 e. The molecule has 0 unspecified atom stereocenters. The molecule has 142 valence electrons. The molecular formula is C18H18FN3O5. The zero-order chi connectivity index (χ0) is 20.0. The highest BCUT2D eigenvalue weighted by atomic mass is 19.1. The highest BCUT2D eigenvalue weighted by molar-refractivity contribution is 5.95. The van der Waals surface area contributed by atoms with E-state index in [4.69, 9.17) is 10.5 Å². The molecule has 2 aromatic carbocycles. The van der Waals surface area contributed by atoms with Crippen LogP contribution >= 0.6 is 0 Å². The van der Waals surface area contributed by atoms with Gasteiger partial charge in [0.25, 0.3) is 5.91 Å². The number of nitro benzene ring substituents is 1. The summed E-state index contributed by atoms with van der Waals surface area (Å²) in [5, 5.41) is 11.1. The fraction of sp³-hybridized carbons (Fsp3) is 0.222. The monoisotopic (exact) mass is 375 g/mol. The van der Waals surface area contributed by atoms with Gasteiger partial charge in [0.2, 0.25) is 5.91 Å². The Hall–Kier alpha value is -3.49. The minimum absolute atomic E-state index is 0.0287. The summed E-state index contributed by atoms with van der Waals surface area (Å²) in [6.07, 6.45) is -0.103. The van der Waals surface area contributed by atoms with Crippen molar-refractivity contribution >= 4 is 23.2 Å². The van der Waals surface area contributed by atoms with Crippen LogP contribution < -0.4 is 15.4 Å². The number of halogens is 1. The number of rotatable bonds is 8. The second kappa shape index (κ2) is 8.75. The predicted molar refractivity (Wildman–Crippen MR) is 95.9 cm³/mol. The van der Waals surface area contributed by atoms with E-state index >= 15 is 0 Å². The minimum atomic E-state index is -0.607. The molecule has 0 aliphatic heterocycles. The number of nitrogens with two attached hydrogens (primary N) is 1. The third kappa shape index (κ3) is 5.50. The van der Waals surface area contributed by atoms with E-state index in [0.29, 0.717) is 5.69 Å². The molecule has 0 aliphatic carbocycles. The van der Waals surface area contributed by atoms with Gasteiger partial charge in [-0.15, -0.1) is 0 Å². The van der Waals surface area contributed by atoms with Crippen molar-refractivity contribution in [3.05, 3.63) is 64.0 Å². The second-order valence-corrected chi connectivity index (χ2v) is 5.76. The number of primary amides is 1. The largest absolute Gasteiger partial charge is 0.477 e. The molecule has 0 aromatic heterocycles. The van der Waals surface area contributed by atoms with Gasteiger partial charge in [-0.2, -0.15) is 0 Å². The van der Waals surface area contributed by atoms with E-state index in [1.165, 1.54) is 41.3 Å². The maximum atomic E-state index is 13.1. The number of carbonyl (C=O) groups is 2. The van der Waals surface area contributed by atoms with Gasteiger partial charge < -0.3 is 15.4 Å². The second-order valence-electron chi connectivity index (χ2n) is 5.76. The Kier molecular flexibility index (Phi) is 6.42. The number of carbonyl (C=O) groups excluding carboxylic acids is 2. The summed E-state index contributed by atoms with van der Waals surface area (Å²) in [7, 11) is 0. The fourth-order valence-corrected chi connectivity index (χ4v) is 2.35. The zero-order valence-electron chi connectivity index (χ0n) is 14.6. The van der Waals surface area contributed by atoms with E-state index in [1.54, 1.807) is 13.0 Å². The molecule has 2 aromatic rings. The molecule has 0 saturated carbocycles. The molecule has 2 rings (SSSR count). The van der Waals surface area contributed by atoms with Gasteiger partial charge >= 0.3 is 5.69 Å². The number of hydrogen-bond donors (Lipinski definition) is 1. The van der Waals surface area contributed by atoms with Crippen LogP contribution in [0, 0.1) is 22.9 Å². The summed E-state index contributed by atoms with van der Waals surface area (Å²) >= 11 is 0. The van der Waals surface area contributed by atoms with Crippen molar-refractivity contribution in [2.24, 2.45) is 5.73 Å². The number of anilines is 1. The van der Waals surface area contributed by atoms with Crippen LogP contribution in [0.15, 0.2) is 42.5 Å². The van der Waals surface area contributed by atoms with Gasteiger partial charge in [-0.25, -0.2) is 4.39 Å². The molecule has 8 nitrogen and oxygen atoms in total. The first-order valence-corrected chi connectivity index (χ1v) is 8.00. The Balaban J connectivity index is 2.18. The van der Waals surface area contributed by atoms with Crippen LogP contribution in [0.1, 0.15) is 12.0 Å². The number of hydrogen-bond acceptors (Lipinski definition) is 5. The smallest absolute Gasteiger partial charge is 0.310 e. The van der Waals surface area contributed by atoms with Gasteiger partial charge in [0.15, 0.2) is 12.4 Å². The first-order valence-electron chi connectivity index (χ1n) is 8.00. The van der Waals surface area contributed by atoms with Gasteiger partial charge in [0.05, 0.1) is 4.92 Å². The van der Waals surface area contributed by atoms with Crippen molar-refractivity contribution in [2.45, 2.75) is 13.3 Å². The molecule has 0 spiro atoms. The van der Waals surface area contributed by atoms with E-state index < -0.39 is 29.2 Å². The number of ether oxygens (including phenoxy) is 1. The van der Waals surface area contributed by atoms with Gasteiger partial charge in [-0.05, 0) is 42.8 Å². The average molecular weight is 375 g/mol. The molecule has 0 atom stereocenters. The van der Waals surface area contributed by atoms with Crippen LogP contribution in [0.5, 0.6) is 5.75 Å². The van der Waals surface area contributed by atoms with Gasteiger partial charge in [0.1, 0.15) is 5.82 Å². The lowest BCUT2D eigenvalue weighted by Gasteiger charge is -2.22. The van der Waals surface area contributed by atoms with Crippen LogP contribution in [0.4, 0.5) is 15.8 Å². The van der Waals surface area contributed by atoms with Crippen LogP contribution in [-0.4, -0.2) is 29.9 Å². The summed E-state index contributed by atoms with van der Waals surface area (Å²) in [5.74, 6) is -1.68. The van der Waals surface area contributed by atoms with Gasteiger partial charge in [0, 0.05) is 24.7 Å². The lowest BCUT2D eigenvalue weighted by atomic mass is 10.2. The van der Waals surface area contributed by atoms with Crippen LogP contribution in [0.25, 0.3) is 0 Å². The fourth-order valence-electron chi connectivity index (χ4n) is 2.35. The molecule has 2 amide bonds. The zero-order valence-corrected chi connectivity index (χ0v) is 14.6. The molecule has 2 N–H and O–H groups in total. The van der Waals surface area contributed by atoms with Crippen molar-refractivity contribution in [3.63, 3.8) is 0 Å². The van der Waals surface area contributed by atoms with E-state index in [0.717, 1.165) is 5.56 Å². The number of nitro groups is 1. The summed E-state index contributed by atoms with van der Waals surface area (Å²) in [6.45, 7) is 1.20. The molecule has 0 fully saturated rings. The summed E-state index contributed by atoms with van der Waals surface area (Å²) < 4.78 is 18.5. The molecule has 0 bridgehead atoms. The van der Waals surface area contributed by atoms with Crippen molar-refractivity contribution in [1.82, 2.24) is 0 Å². The number of amides is 2. The molecule has 0 heterocycles. The topological polar surface area (TPSA) is 116 Å². The lowest BCUT2D eigenvalue weighted by Crippen LogP contribution is -2.37. The average Bonchev–Trinajstić information content (AvgIpc) is 2.61. The number of nitrogens with zero attached hydrogens (tertiary/aromatic N) is 2. The Morgan fingerprint density at radius 1 is 1.22 bits per heavy atom. The third-order valence-electron chi connectivity index (χ3n) is 3.68. The predicted octanol–water partition coefficient (Wildman–Crippen LogP) is 2.33. The lowest BCUT2D eigenvalue weighted by molar-refractivity contribution is -0.385. The summed E-state index contributed by atoms with van der Waals surface area (Å²) in [5.41, 5.74) is 5.95. The molecule has 27 heavy (non-hydrogen) atoms. The molecule has 9 heteroatoms. The van der Waals surface area contributed by atoms with E-state index in [2.05, 4.69) is 0 Å². The van der Waals surface area contributed by atoms with Gasteiger partial charge in [-0.1, -0.05) is 6.07 Å². The highest BCUT2D eigenvalue weighted by Crippen LogP contribution is 2.28. The Bertz CT molecular complexity index is 855. The summed E-state index contributed by atoms with van der Waals surface area (Å²) in [6, 6.07) is 9.41. The number of benzene rings is 2. The van der Waals surface area contributed by atoms with Crippen molar-refractivity contribution in [3.8, 4) is 5.75 Å². The Morgan fingerprint density at radius 3 is 2.48 bits per heavy atom. The molecule has 0 radical (unpaired) electrons. The highest BCUT2D eigenvalue weighted by Gasteiger charge is 2.20. The Labute approximate surface area is 154 Å². The molecule has 0 saturated heterocycles. The van der Waals surface area contributed by atoms with E-state index in [-0.39, 0.29) is 24.4 Å². The third-order valence-corrected chi connectivity index (χ3v) is 3.68. The van der Waals surface area contributed by atoms with Crippen LogP contribution in [0.2, 0.25) is 0 Å².